The molecule has 1 heterocycles. The standard InChI is InChI=1S/C15H25N3/c1-11-8-12(2)17-15(14(11)9-16-3)18(4)10-13-6-5-7-13/h8,13,16H,5-7,9-10H2,1-4H3. The van der Waals surface area contributed by atoms with Gasteiger partial charge < -0.3 is 10.2 Å². The van der Waals surface area contributed by atoms with E-state index in [2.05, 4.69) is 37.2 Å². The lowest BCUT2D eigenvalue weighted by Gasteiger charge is -2.32. The molecule has 1 aliphatic rings. The van der Waals surface area contributed by atoms with Gasteiger partial charge in [-0.1, -0.05) is 6.42 Å². The lowest BCUT2D eigenvalue weighted by atomic mass is 9.85. The van der Waals surface area contributed by atoms with Crippen LogP contribution in [-0.4, -0.2) is 25.6 Å². The quantitative estimate of drug-likeness (QED) is 0.867. The molecule has 18 heavy (non-hydrogen) atoms. The van der Waals surface area contributed by atoms with Gasteiger partial charge in [-0.25, -0.2) is 4.98 Å². The van der Waals surface area contributed by atoms with Gasteiger partial charge in [0.2, 0.25) is 0 Å². The van der Waals surface area contributed by atoms with Crippen molar-refractivity contribution in [2.75, 3.05) is 25.5 Å². The average molecular weight is 247 g/mol. The molecule has 0 amide bonds. The second kappa shape index (κ2) is 5.70. The van der Waals surface area contributed by atoms with Gasteiger partial charge in [0.1, 0.15) is 5.82 Å². The van der Waals surface area contributed by atoms with E-state index in [9.17, 15) is 0 Å². The minimum Gasteiger partial charge on any atom is -0.359 e. The molecule has 0 saturated heterocycles. The Morgan fingerprint density at radius 3 is 2.67 bits per heavy atom. The first-order valence-electron chi connectivity index (χ1n) is 6.94. The fourth-order valence-electron chi connectivity index (χ4n) is 2.70. The highest BCUT2D eigenvalue weighted by molar-refractivity contribution is 5.51. The van der Waals surface area contributed by atoms with Gasteiger partial charge in [0.25, 0.3) is 0 Å². The summed E-state index contributed by atoms with van der Waals surface area (Å²) in [6.07, 6.45) is 4.18. The molecule has 1 N–H and O–H groups in total. The van der Waals surface area contributed by atoms with Crippen LogP contribution in [0.25, 0.3) is 0 Å². The smallest absolute Gasteiger partial charge is 0.133 e. The zero-order valence-corrected chi connectivity index (χ0v) is 12.1. The van der Waals surface area contributed by atoms with Gasteiger partial charge in [0, 0.05) is 31.4 Å². The van der Waals surface area contributed by atoms with Crippen LogP contribution < -0.4 is 10.2 Å². The fraction of sp³-hybridized carbons (Fsp3) is 0.667. The third-order valence-electron chi connectivity index (χ3n) is 3.93. The minimum atomic E-state index is 0.875. The molecule has 0 aliphatic heterocycles. The molecule has 0 bridgehead atoms. The number of rotatable bonds is 5. The maximum absolute atomic E-state index is 4.75. The number of aryl methyl sites for hydroxylation is 2. The van der Waals surface area contributed by atoms with Crippen LogP contribution in [0.5, 0.6) is 0 Å². The lowest BCUT2D eigenvalue weighted by Crippen LogP contribution is -2.31. The van der Waals surface area contributed by atoms with E-state index in [1.54, 1.807) is 0 Å². The van der Waals surface area contributed by atoms with Crippen LogP contribution in [0, 0.1) is 19.8 Å². The molecule has 3 heteroatoms. The monoisotopic (exact) mass is 247 g/mol. The summed E-state index contributed by atoms with van der Waals surface area (Å²) in [4.78, 5) is 7.09. The predicted octanol–water partition coefficient (Wildman–Crippen LogP) is 2.65. The Hall–Kier alpha value is -1.09. The molecule has 0 atom stereocenters. The Morgan fingerprint density at radius 2 is 2.11 bits per heavy atom. The number of aromatic nitrogens is 1. The van der Waals surface area contributed by atoms with E-state index in [0.29, 0.717) is 0 Å². The molecular weight excluding hydrogens is 222 g/mol. The van der Waals surface area contributed by atoms with Crippen LogP contribution in [0.4, 0.5) is 5.82 Å². The van der Waals surface area contributed by atoms with Crippen molar-refractivity contribution in [2.24, 2.45) is 5.92 Å². The van der Waals surface area contributed by atoms with E-state index in [1.165, 1.54) is 30.4 Å². The summed E-state index contributed by atoms with van der Waals surface area (Å²) >= 11 is 0. The maximum atomic E-state index is 4.75. The number of nitrogens with zero attached hydrogens (tertiary/aromatic N) is 2. The summed E-state index contributed by atoms with van der Waals surface area (Å²) in [7, 11) is 4.17. The highest BCUT2D eigenvalue weighted by Crippen LogP contribution is 2.29. The largest absolute Gasteiger partial charge is 0.359 e. The predicted molar refractivity (Wildman–Crippen MR) is 77.1 cm³/mol. The van der Waals surface area contributed by atoms with E-state index in [1.807, 2.05) is 7.05 Å². The summed E-state index contributed by atoms with van der Waals surface area (Å²) in [5.74, 6) is 2.04. The summed E-state index contributed by atoms with van der Waals surface area (Å²) < 4.78 is 0. The maximum Gasteiger partial charge on any atom is 0.133 e. The van der Waals surface area contributed by atoms with Gasteiger partial charge >= 0.3 is 0 Å². The van der Waals surface area contributed by atoms with Crippen molar-refractivity contribution in [1.29, 1.82) is 0 Å². The van der Waals surface area contributed by atoms with Gasteiger partial charge in [-0.3, -0.25) is 0 Å². The van der Waals surface area contributed by atoms with Crippen molar-refractivity contribution >= 4 is 5.82 Å². The Labute approximate surface area is 111 Å². The van der Waals surface area contributed by atoms with Gasteiger partial charge in [0.05, 0.1) is 0 Å². The van der Waals surface area contributed by atoms with Gasteiger partial charge in [0.15, 0.2) is 0 Å². The first-order valence-corrected chi connectivity index (χ1v) is 6.94. The van der Waals surface area contributed by atoms with E-state index in [-0.39, 0.29) is 0 Å². The molecule has 0 unspecified atom stereocenters. The Balaban J connectivity index is 2.22. The zero-order valence-electron chi connectivity index (χ0n) is 12.1. The van der Waals surface area contributed by atoms with Crippen LogP contribution in [0.1, 0.15) is 36.1 Å². The molecule has 1 aliphatic carbocycles. The molecule has 0 spiro atoms. The number of pyridine rings is 1. The number of nitrogens with one attached hydrogen (secondary N) is 1. The summed E-state index contributed by atoms with van der Waals surface area (Å²) in [5, 5.41) is 3.25. The van der Waals surface area contributed by atoms with Crippen LogP contribution in [0.15, 0.2) is 6.07 Å². The van der Waals surface area contributed by atoms with Crippen LogP contribution in [0.2, 0.25) is 0 Å². The molecule has 3 nitrogen and oxygen atoms in total. The molecule has 0 radical (unpaired) electrons. The third kappa shape index (κ3) is 2.83. The fourth-order valence-corrected chi connectivity index (χ4v) is 2.70. The number of hydrogen-bond donors (Lipinski definition) is 1. The summed E-state index contributed by atoms with van der Waals surface area (Å²) in [5.41, 5.74) is 3.79. The van der Waals surface area contributed by atoms with Crippen molar-refractivity contribution in [2.45, 2.75) is 39.7 Å². The van der Waals surface area contributed by atoms with E-state index >= 15 is 0 Å². The van der Waals surface area contributed by atoms with Crippen molar-refractivity contribution in [3.05, 3.63) is 22.9 Å². The molecule has 1 aromatic heterocycles. The van der Waals surface area contributed by atoms with Crippen LogP contribution in [-0.2, 0) is 6.54 Å². The van der Waals surface area contributed by atoms with E-state index in [0.717, 1.165) is 30.5 Å². The van der Waals surface area contributed by atoms with E-state index < -0.39 is 0 Å². The highest BCUT2D eigenvalue weighted by Gasteiger charge is 2.21. The first-order chi connectivity index (χ1) is 8.61. The molecule has 1 fully saturated rings. The molecule has 1 saturated carbocycles. The van der Waals surface area contributed by atoms with Gasteiger partial charge in [-0.15, -0.1) is 0 Å². The molecular formula is C15H25N3. The third-order valence-corrected chi connectivity index (χ3v) is 3.93. The second-order valence-corrected chi connectivity index (χ2v) is 5.59. The molecule has 1 aromatic rings. The van der Waals surface area contributed by atoms with E-state index in [4.69, 9.17) is 4.98 Å². The Bertz CT molecular complexity index is 410. The SMILES string of the molecule is CNCc1c(C)cc(C)nc1N(C)CC1CCC1. The topological polar surface area (TPSA) is 28.2 Å². The number of anilines is 1. The number of hydrogen-bond acceptors (Lipinski definition) is 3. The van der Waals surface area contributed by atoms with Crippen molar-refractivity contribution in [1.82, 2.24) is 10.3 Å². The van der Waals surface area contributed by atoms with Crippen molar-refractivity contribution in [3.63, 3.8) is 0 Å². The Morgan fingerprint density at radius 1 is 1.39 bits per heavy atom. The minimum absolute atomic E-state index is 0.875. The summed E-state index contributed by atoms with van der Waals surface area (Å²) in [6.45, 7) is 6.30. The molecule has 100 valence electrons. The average Bonchev–Trinajstić information content (AvgIpc) is 2.26. The molecule has 0 aromatic carbocycles. The zero-order chi connectivity index (χ0) is 13.1. The second-order valence-electron chi connectivity index (χ2n) is 5.59. The van der Waals surface area contributed by atoms with Crippen molar-refractivity contribution < 1.29 is 0 Å². The van der Waals surface area contributed by atoms with Crippen LogP contribution >= 0.6 is 0 Å². The summed E-state index contributed by atoms with van der Waals surface area (Å²) in [6, 6.07) is 2.17. The van der Waals surface area contributed by atoms with Gasteiger partial charge in [-0.2, -0.15) is 0 Å². The van der Waals surface area contributed by atoms with Gasteiger partial charge in [-0.05, 0) is 51.3 Å². The first kappa shape index (κ1) is 13.3. The Kier molecular flexibility index (Phi) is 4.23. The highest BCUT2D eigenvalue weighted by atomic mass is 15.2. The van der Waals surface area contributed by atoms with Crippen molar-refractivity contribution in [3.8, 4) is 0 Å². The lowest BCUT2D eigenvalue weighted by molar-refractivity contribution is 0.321. The normalized spacial score (nSPS) is 15.6. The van der Waals surface area contributed by atoms with Crippen LogP contribution in [0.3, 0.4) is 0 Å². The molecule has 2 rings (SSSR count).